The van der Waals surface area contributed by atoms with E-state index in [4.69, 9.17) is 9.47 Å². The van der Waals surface area contributed by atoms with Crippen LogP contribution in [0.1, 0.15) is 31.2 Å². The number of rotatable bonds is 4. The Bertz CT molecular complexity index is 793. The molecule has 142 valence electrons. The van der Waals surface area contributed by atoms with Crippen LogP contribution >= 0.6 is 11.8 Å². The number of carbonyl (C=O) groups excluding carboxylic acids is 3. The molecule has 4 rings (SSSR count). The molecule has 1 aromatic carbocycles. The van der Waals surface area contributed by atoms with Gasteiger partial charge in [0, 0.05) is 6.08 Å². The molecule has 0 radical (unpaired) electrons. The van der Waals surface area contributed by atoms with E-state index in [9.17, 15) is 14.4 Å². The molecule has 3 amide bonds. The number of carbonyl (C=O) groups is 3. The van der Waals surface area contributed by atoms with Gasteiger partial charge in [-0.15, -0.1) is 0 Å². The summed E-state index contributed by atoms with van der Waals surface area (Å²) in [7, 11) is 0. The summed E-state index contributed by atoms with van der Waals surface area (Å²) in [6.45, 7) is 0.207. The van der Waals surface area contributed by atoms with E-state index < -0.39 is 0 Å². The van der Waals surface area contributed by atoms with E-state index >= 15 is 0 Å². The Morgan fingerprint density at radius 1 is 1.19 bits per heavy atom. The van der Waals surface area contributed by atoms with Crippen LogP contribution in [0.5, 0.6) is 11.5 Å². The topological polar surface area (TPSA) is 84.9 Å². The van der Waals surface area contributed by atoms with Crippen LogP contribution in [-0.4, -0.2) is 46.6 Å². The predicted octanol–water partition coefficient (Wildman–Crippen LogP) is 2.55. The summed E-state index contributed by atoms with van der Waals surface area (Å²) >= 11 is 1.03. The molecule has 0 unspecified atom stereocenters. The Kier molecular flexibility index (Phi) is 5.07. The zero-order chi connectivity index (χ0) is 18.8. The van der Waals surface area contributed by atoms with Crippen molar-refractivity contribution >= 4 is 34.9 Å². The van der Waals surface area contributed by atoms with E-state index in [1.807, 2.05) is 12.1 Å². The molecular formula is C19H20N2O5S. The van der Waals surface area contributed by atoms with Crippen molar-refractivity contribution in [3.05, 3.63) is 29.8 Å². The molecule has 1 saturated carbocycles. The van der Waals surface area contributed by atoms with Gasteiger partial charge in [0.1, 0.15) is 0 Å². The van der Waals surface area contributed by atoms with Crippen molar-refractivity contribution in [3.8, 4) is 11.5 Å². The van der Waals surface area contributed by atoms with Gasteiger partial charge < -0.3 is 14.8 Å². The van der Waals surface area contributed by atoms with Crippen LogP contribution in [0.4, 0.5) is 4.79 Å². The van der Waals surface area contributed by atoms with Gasteiger partial charge in [-0.1, -0.05) is 30.7 Å². The fourth-order valence-corrected chi connectivity index (χ4v) is 4.46. The molecule has 3 aliphatic rings. The van der Waals surface area contributed by atoms with E-state index in [2.05, 4.69) is 5.32 Å². The quantitative estimate of drug-likeness (QED) is 0.798. The number of benzene rings is 1. The van der Waals surface area contributed by atoms with Crippen LogP contribution in [0, 0.1) is 0 Å². The molecule has 0 aromatic heterocycles. The van der Waals surface area contributed by atoms with Crippen molar-refractivity contribution in [1.29, 1.82) is 0 Å². The predicted molar refractivity (Wildman–Crippen MR) is 100 cm³/mol. The highest BCUT2D eigenvalue weighted by Crippen LogP contribution is 2.33. The number of nitrogens with zero attached hydrogens (tertiary/aromatic N) is 1. The third-order valence-corrected chi connectivity index (χ3v) is 5.83. The highest BCUT2D eigenvalue weighted by molar-refractivity contribution is 8.14. The second-order valence-electron chi connectivity index (χ2n) is 6.73. The van der Waals surface area contributed by atoms with Crippen LogP contribution in [-0.2, 0) is 9.59 Å². The minimum absolute atomic E-state index is 0.160. The Labute approximate surface area is 161 Å². The Hall–Kier alpha value is -2.48. The van der Waals surface area contributed by atoms with Gasteiger partial charge in [0.2, 0.25) is 18.6 Å². The fraction of sp³-hybridized carbons (Fsp3) is 0.421. The summed E-state index contributed by atoms with van der Waals surface area (Å²) in [5.74, 6) is 1.15. The van der Waals surface area contributed by atoms with E-state index in [0.717, 1.165) is 43.0 Å². The monoisotopic (exact) mass is 388 g/mol. The number of thioether (sulfide) groups is 1. The molecule has 1 N–H and O–H groups in total. The average molecular weight is 388 g/mol. The largest absolute Gasteiger partial charge is 0.454 e. The van der Waals surface area contributed by atoms with Crippen molar-refractivity contribution in [2.24, 2.45) is 0 Å². The number of amides is 3. The van der Waals surface area contributed by atoms with Crippen LogP contribution in [0.15, 0.2) is 24.3 Å². The summed E-state index contributed by atoms with van der Waals surface area (Å²) in [6, 6.07) is 5.00. The normalized spacial score (nSPS) is 24.7. The molecule has 1 saturated heterocycles. The number of ether oxygens (including phenoxy) is 2. The first kappa shape index (κ1) is 17.9. The molecule has 2 heterocycles. The fourth-order valence-electron chi connectivity index (χ4n) is 3.69. The Balaban J connectivity index is 1.41. The van der Waals surface area contributed by atoms with Gasteiger partial charge in [0.05, 0.1) is 17.8 Å². The van der Waals surface area contributed by atoms with Crippen LogP contribution < -0.4 is 14.8 Å². The lowest BCUT2D eigenvalue weighted by atomic mass is 9.89. The number of hydrogen-bond donors (Lipinski definition) is 1. The molecule has 2 fully saturated rings. The summed E-state index contributed by atoms with van der Waals surface area (Å²) in [5, 5.41) is 2.77. The molecule has 27 heavy (non-hydrogen) atoms. The van der Waals surface area contributed by atoms with Crippen molar-refractivity contribution in [1.82, 2.24) is 10.2 Å². The highest BCUT2D eigenvalue weighted by Gasteiger charge is 2.40. The highest BCUT2D eigenvalue weighted by atomic mass is 32.2. The third-order valence-electron chi connectivity index (χ3n) is 5.00. The zero-order valence-corrected chi connectivity index (χ0v) is 15.5. The maximum atomic E-state index is 12.4. The van der Waals surface area contributed by atoms with E-state index in [1.165, 1.54) is 11.0 Å². The lowest BCUT2D eigenvalue weighted by Crippen LogP contribution is -2.54. The first-order chi connectivity index (χ1) is 13.1. The Morgan fingerprint density at radius 3 is 2.81 bits per heavy atom. The van der Waals surface area contributed by atoms with Crippen LogP contribution in [0.25, 0.3) is 6.08 Å². The summed E-state index contributed by atoms with van der Waals surface area (Å²) in [6.07, 6.45) is 6.58. The van der Waals surface area contributed by atoms with Gasteiger partial charge in [-0.3, -0.25) is 19.3 Å². The SMILES string of the molecule is O=C(/C=C/c1ccc2c(c1)OCO2)N[C@@H]1CCCC[C@@H]1N1C(=O)CSC1=O. The van der Waals surface area contributed by atoms with Crippen molar-refractivity contribution in [2.45, 2.75) is 37.8 Å². The maximum Gasteiger partial charge on any atom is 0.289 e. The van der Waals surface area contributed by atoms with Gasteiger partial charge in [-0.25, -0.2) is 0 Å². The minimum atomic E-state index is -0.253. The van der Waals surface area contributed by atoms with Gasteiger partial charge >= 0.3 is 0 Å². The second kappa shape index (κ2) is 7.64. The molecular weight excluding hydrogens is 368 g/mol. The standard InChI is InChI=1S/C19H20N2O5S/c22-17(8-6-12-5-7-15-16(9-12)26-11-25-15)20-13-3-1-2-4-14(13)21-18(23)10-27-19(21)24/h5-9,13-14H,1-4,10-11H2,(H,20,22)/b8-6+/t13-,14+/m1/s1. The molecule has 0 spiro atoms. The first-order valence-corrected chi connectivity index (χ1v) is 9.97. The number of fused-ring (bicyclic) bond motifs is 1. The number of imide groups is 1. The summed E-state index contributed by atoms with van der Waals surface area (Å²) in [5.41, 5.74) is 0.830. The zero-order valence-electron chi connectivity index (χ0n) is 14.7. The molecule has 1 aliphatic carbocycles. The lowest BCUT2D eigenvalue weighted by Gasteiger charge is -2.36. The van der Waals surface area contributed by atoms with E-state index in [-0.39, 0.29) is 41.7 Å². The van der Waals surface area contributed by atoms with Crippen LogP contribution in [0.3, 0.4) is 0 Å². The van der Waals surface area contributed by atoms with Crippen molar-refractivity contribution < 1.29 is 23.9 Å². The first-order valence-electron chi connectivity index (χ1n) is 8.99. The number of hydrogen-bond acceptors (Lipinski definition) is 6. The van der Waals surface area contributed by atoms with E-state index in [0.29, 0.717) is 11.5 Å². The smallest absolute Gasteiger partial charge is 0.289 e. The van der Waals surface area contributed by atoms with E-state index in [1.54, 1.807) is 12.1 Å². The second-order valence-corrected chi connectivity index (χ2v) is 7.66. The Morgan fingerprint density at radius 2 is 2.00 bits per heavy atom. The molecule has 1 aromatic rings. The van der Waals surface area contributed by atoms with Gasteiger partial charge in [-0.05, 0) is 36.6 Å². The average Bonchev–Trinajstić information content (AvgIpc) is 3.26. The molecule has 2 atom stereocenters. The summed E-state index contributed by atoms with van der Waals surface area (Å²) < 4.78 is 10.6. The molecule has 8 heteroatoms. The van der Waals surface area contributed by atoms with Gasteiger partial charge in [-0.2, -0.15) is 0 Å². The van der Waals surface area contributed by atoms with Gasteiger partial charge in [0.25, 0.3) is 5.24 Å². The van der Waals surface area contributed by atoms with Crippen molar-refractivity contribution in [2.75, 3.05) is 12.5 Å². The number of nitrogens with one attached hydrogen (secondary N) is 1. The maximum absolute atomic E-state index is 12.4. The van der Waals surface area contributed by atoms with Crippen LogP contribution in [0.2, 0.25) is 0 Å². The minimum Gasteiger partial charge on any atom is -0.454 e. The summed E-state index contributed by atoms with van der Waals surface area (Å²) in [4.78, 5) is 37.8. The molecule has 2 aliphatic heterocycles. The lowest BCUT2D eigenvalue weighted by molar-refractivity contribution is -0.128. The molecule has 0 bridgehead atoms. The van der Waals surface area contributed by atoms with Gasteiger partial charge in [0.15, 0.2) is 11.5 Å². The molecule has 7 nitrogen and oxygen atoms in total. The third kappa shape index (κ3) is 3.80. The van der Waals surface area contributed by atoms with Crippen molar-refractivity contribution in [3.63, 3.8) is 0 Å².